The number of nitrogens with two attached hydrogens (primary N) is 1. The minimum Gasteiger partial charge on any atom is -0.462 e. The molecule has 0 fully saturated rings. The van der Waals surface area contributed by atoms with E-state index in [2.05, 4.69) is 0 Å². The summed E-state index contributed by atoms with van der Waals surface area (Å²) in [6.45, 7) is 1.43. The second-order valence-electron chi connectivity index (χ2n) is 5.40. The summed E-state index contributed by atoms with van der Waals surface area (Å²) in [6, 6.07) is 13.5. The van der Waals surface area contributed by atoms with Crippen LogP contribution in [-0.2, 0) is 14.8 Å². The lowest BCUT2D eigenvalue weighted by Gasteiger charge is -2.20. The Balaban J connectivity index is 2.35. The van der Waals surface area contributed by atoms with Crippen LogP contribution in [0.25, 0.3) is 6.08 Å². The van der Waals surface area contributed by atoms with Crippen LogP contribution in [0.1, 0.15) is 22.8 Å². The van der Waals surface area contributed by atoms with Crippen LogP contribution in [0, 0.1) is 0 Å². The Labute approximate surface area is 158 Å². The summed E-state index contributed by atoms with van der Waals surface area (Å²) in [6.07, 6.45) is 3.17. The standard InChI is InChI=1S/C19H20N2O5S/c1-2-26-18(22)16-12-6-7-13-17(16)27(24,25)21(19(20)23)14-8-11-15-9-4-3-5-10-15/h3-13H,2,14H2,1H3,(H2,20,23). The van der Waals surface area contributed by atoms with Crippen LogP contribution in [0.2, 0.25) is 0 Å². The monoisotopic (exact) mass is 388 g/mol. The average molecular weight is 388 g/mol. The molecule has 7 nitrogen and oxygen atoms in total. The molecule has 0 saturated carbocycles. The van der Waals surface area contributed by atoms with Crippen molar-refractivity contribution in [1.82, 2.24) is 4.31 Å². The van der Waals surface area contributed by atoms with Crippen molar-refractivity contribution in [2.45, 2.75) is 11.8 Å². The first-order valence-corrected chi connectivity index (χ1v) is 9.62. The van der Waals surface area contributed by atoms with Gasteiger partial charge in [0, 0.05) is 0 Å². The molecular formula is C19H20N2O5S. The van der Waals surface area contributed by atoms with Gasteiger partial charge in [0.2, 0.25) is 0 Å². The van der Waals surface area contributed by atoms with Gasteiger partial charge in [0.15, 0.2) is 0 Å². The van der Waals surface area contributed by atoms with Crippen molar-refractivity contribution in [3.8, 4) is 0 Å². The quantitative estimate of drug-likeness (QED) is 0.734. The van der Waals surface area contributed by atoms with Crippen molar-refractivity contribution >= 4 is 28.1 Å². The summed E-state index contributed by atoms with van der Waals surface area (Å²) in [5.74, 6) is -0.791. The molecule has 0 aromatic heterocycles. The third-order valence-corrected chi connectivity index (χ3v) is 5.40. The number of carbonyl (C=O) groups is 2. The van der Waals surface area contributed by atoms with Crippen molar-refractivity contribution in [2.24, 2.45) is 5.73 Å². The molecular weight excluding hydrogens is 368 g/mol. The van der Waals surface area contributed by atoms with Crippen LogP contribution in [-0.4, -0.2) is 37.9 Å². The van der Waals surface area contributed by atoms with Crippen molar-refractivity contribution in [1.29, 1.82) is 0 Å². The van der Waals surface area contributed by atoms with Crippen molar-refractivity contribution in [3.05, 3.63) is 71.8 Å². The molecule has 0 saturated heterocycles. The Morgan fingerprint density at radius 3 is 2.33 bits per heavy atom. The van der Waals surface area contributed by atoms with Gasteiger partial charge in [-0.3, -0.25) is 0 Å². The normalized spacial score (nSPS) is 11.3. The van der Waals surface area contributed by atoms with Gasteiger partial charge in [-0.1, -0.05) is 54.6 Å². The van der Waals surface area contributed by atoms with Crippen LogP contribution in [0.3, 0.4) is 0 Å². The maximum absolute atomic E-state index is 12.9. The second-order valence-corrected chi connectivity index (χ2v) is 7.23. The number of sulfonamides is 1. The molecule has 0 unspecified atom stereocenters. The fraction of sp³-hybridized carbons (Fsp3) is 0.158. The molecule has 0 atom stereocenters. The average Bonchev–Trinajstić information content (AvgIpc) is 2.65. The molecule has 0 aliphatic carbocycles. The number of esters is 1. The summed E-state index contributed by atoms with van der Waals surface area (Å²) >= 11 is 0. The van der Waals surface area contributed by atoms with E-state index in [0.29, 0.717) is 4.31 Å². The number of hydrogen-bond acceptors (Lipinski definition) is 5. The number of primary amides is 1. The zero-order valence-electron chi connectivity index (χ0n) is 14.7. The molecule has 0 radical (unpaired) electrons. The minimum absolute atomic E-state index is 0.0898. The molecule has 142 valence electrons. The summed E-state index contributed by atoms with van der Waals surface area (Å²) < 4.78 is 31.3. The van der Waals surface area contributed by atoms with Crippen LogP contribution in [0.4, 0.5) is 4.79 Å². The predicted molar refractivity (Wildman–Crippen MR) is 101 cm³/mol. The van der Waals surface area contributed by atoms with E-state index in [0.717, 1.165) is 5.56 Å². The highest BCUT2D eigenvalue weighted by Crippen LogP contribution is 2.21. The van der Waals surface area contributed by atoms with Gasteiger partial charge in [-0.2, -0.15) is 0 Å². The van der Waals surface area contributed by atoms with Crippen molar-refractivity contribution in [3.63, 3.8) is 0 Å². The van der Waals surface area contributed by atoms with E-state index in [4.69, 9.17) is 10.5 Å². The smallest absolute Gasteiger partial charge is 0.339 e. The molecule has 27 heavy (non-hydrogen) atoms. The van der Waals surface area contributed by atoms with Gasteiger partial charge in [-0.25, -0.2) is 22.3 Å². The van der Waals surface area contributed by atoms with Gasteiger partial charge in [0.25, 0.3) is 10.0 Å². The van der Waals surface area contributed by atoms with E-state index in [1.165, 1.54) is 30.3 Å². The number of ether oxygens (including phenoxy) is 1. The first kappa shape index (κ1) is 20.2. The lowest BCUT2D eigenvalue weighted by Crippen LogP contribution is -2.41. The van der Waals surface area contributed by atoms with Crippen molar-refractivity contribution < 1.29 is 22.7 Å². The molecule has 0 aliphatic rings. The Kier molecular flexibility index (Phi) is 6.73. The maximum Gasteiger partial charge on any atom is 0.339 e. The van der Waals surface area contributed by atoms with Gasteiger partial charge in [0.1, 0.15) is 4.90 Å². The van der Waals surface area contributed by atoms with Crippen LogP contribution >= 0.6 is 0 Å². The fourth-order valence-electron chi connectivity index (χ4n) is 2.34. The maximum atomic E-state index is 12.9. The van der Waals surface area contributed by atoms with E-state index < -0.39 is 22.0 Å². The number of benzene rings is 2. The molecule has 0 spiro atoms. The Morgan fingerprint density at radius 2 is 1.70 bits per heavy atom. The van der Waals surface area contributed by atoms with Gasteiger partial charge in [0.05, 0.1) is 18.7 Å². The third-order valence-electron chi connectivity index (χ3n) is 3.58. The number of rotatable bonds is 7. The van der Waals surface area contributed by atoms with E-state index in [1.807, 2.05) is 30.3 Å². The van der Waals surface area contributed by atoms with Gasteiger partial charge >= 0.3 is 12.0 Å². The highest BCUT2D eigenvalue weighted by Gasteiger charge is 2.31. The molecule has 2 rings (SSSR count). The highest BCUT2D eigenvalue weighted by molar-refractivity contribution is 7.89. The fourth-order valence-corrected chi connectivity index (χ4v) is 3.78. The van der Waals surface area contributed by atoms with E-state index >= 15 is 0 Å². The topological polar surface area (TPSA) is 107 Å². The molecule has 8 heteroatoms. The van der Waals surface area contributed by atoms with Gasteiger partial charge < -0.3 is 10.5 Å². The molecule has 0 heterocycles. The summed E-state index contributed by atoms with van der Waals surface area (Å²) in [4.78, 5) is 23.5. The molecule has 2 aromatic carbocycles. The van der Waals surface area contributed by atoms with Gasteiger partial charge in [-0.15, -0.1) is 0 Å². The third kappa shape index (κ3) is 4.95. The molecule has 0 bridgehead atoms. The zero-order valence-corrected chi connectivity index (χ0v) is 15.6. The van der Waals surface area contributed by atoms with E-state index in [9.17, 15) is 18.0 Å². The number of hydrogen-bond donors (Lipinski definition) is 1. The van der Waals surface area contributed by atoms with Crippen LogP contribution in [0.15, 0.2) is 65.6 Å². The number of carbonyl (C=O) groups excluding carboxylic acids is 2. The highest BCUT2D eigenvalue weighted by atomic mass is 32.2. The Morgan fingerprint density at radius 1 is 1.07 bits per heavy atom. The predicted octanol–water partition coefficient (Wildman–Crippen LogP) is 2.65. The largest absolute Gasteiger partial charge is 0.462 e. The van der Waals surface area contributed by atoms with Crippen LogP contribution in [0.5, 0.6) is 0 Å². The van der Waals surface area contributed by atoms with E-state index in [-0.39, 0.29) is 23.6 Å². The van der Waals surface area contributed by atoms with Crippen LogP contribution < -0.4 is 5.73 Å². The van der Waals surface area contributed by atoms with Crippen molar-refractivity contribution in [2.75, 3.05) is 13.2 Å². The number of amides is 2. The lowest BCUT2D eigenvalue weighted by molar-refractivity contribution is 0.0521. The summed E-state index contributed by atoms with van der Waals surface area (Å²) in [5.41, 5.74) is 5.97. The SMILES string of the molecule is CCOC(=O)c1ccccc1S(=O)(=O)N(CC=Cc1ccccc1)C(N)=O. The first-order valence-electron chi connectivity index (χ1n) is 8.17. The Hall–Kier alpha value is -3.13. The summed E-state index contributed by atoms with van der Waals surface area (Å²) in [7, 11) is -4.34. The molecule has 2 N–H and O–H groups in total. The van der Waals surface area contributed by atoms with E-state index in [1.54, 1.807) is 13.0 Å². The number of nitrogens with zero attached hydrogens (tertiary/aromatic N) is 1. The van der Waals surface area contributed by atoms with Gasteiger partial charge in [-0.05, 0) is 24.6 Å². The first-order chi connectivity index (χ1) is 12.9. The minimum atomic E-state index is -4.34. The lowest BCUT2D eigenvalue weighted by atomic mass is 10.2. The Bertz CT molecular complexity index is 940. The second kappa shape index (κ2) is 9.00. The number of urea groups is 1. The molecule has 2 aromatic rings. The molecule has 0 aliphatic heterocycles. The zero-order chi connectivity index (χ0) is 19.9. The summed E-state index contributed by atoms with van der Waals surface area (Å²) in [5, 5.41) is 0. The molecule has 2 amide bonds.